The Bertz CT molecular complexity index is 512. The highest BCUT2D eigenvalue weighted by molar-refractivity contribution is 7.10. The Labute approximate surface area is 110 Å². The molecule has 0 radical (unpaired) electrons. The van der Waals surface area contributed by atoms with Gasteiger partial charge in [0.2, 0.25) is 0 Å². The van der Waals surface area contributed by atoms with Crippen LogP contribution < -0.4 is 15.2 Å². The minimum absolute atomic E-state index is 0.0349. The summed E-state index contributed by atoms with van der Waals surface area (Å²) in [4.78, 5) is 1.15. The van der Waals surface area contributed by atoms with Crippen LogP contribution in [0.3, 0.4) is 0 Å². The van der Waals surface area contributed by atoms with E-state index in [2.05, 4.69) is 6.07 Å². The molecule has 3 rings (SSSR count). The van der Waals surface area contributed by atoms with E-state index in [1.165, 1.54) is 0 Å². The molecule has 2 atom stereocenters. The standard InChI is InChI=1S/C14H15NO2S/c15-14(13-6-3-9-18-13)12-7-8-16-10-4-1-2-5-11(10)17-12/h1-6,9,12,14H,7-8,15H2. The van der Waals surface area contributed by atoms with Crippen molar-refractivity contribution in [2.75, 3.05) is 6.61 Å². The maximum atomic E-state index is 6.27. The first-order chi connectivity index (χ1) is 8.84. The number of fused-ring (bicyclic) bond motifs is 1. The summed E-state index contributed by atoms with van der Waals surface area (Å²) in [5, 5.41) is 2.04. The fourth-order valence-corrected chi connectivity index (χ4v) is 2.87. The van der Waals surface area contributed by atoms with Crippen molar-refractivity contribution in [3.63, 3.8) is 0 Å². The van der Waals surface area contributed by atoms with Crippen molar-refractivity contribution < 1.29 is 9.47 Å². The molecule has 0 fully saturated rings. The normalized spacial score (nSPS) is 20.2. The molecule has 1 aliphatic rings. The lowest BCUT2D eigenvalue weighted by Gasteiger charge is -2.21. The third kappa shape index (κ3) is 2.21. The Morgan fingerprint density at radius 2 is 2.00 bits per heavy atom. The van der Waals surface area contributed by atoms with E-state index in [1.54, 1.807) is 11.3 Å². The van der Waals surface area contributed by atoms with Gasteiger partial charge in [-0.1, -0.05) is 18.2 Å². The lowest BCUT2D eigenvalue weighted by Crippen LogP contribution is -2.31. The van der Waals surface area contributed by atoms with Gasteiger partial charge < -0.3 is 15.2 Å². The molecular weight excluding hydrogens is 246 g/mol. The molecule has 1 aromatic carbocycles. The minimum atomic E-state index is -0.0974. The van der Waals surface area contributed by atoms with Crippen molar-refractivity contribution in [3.05, 3.63) is 46.7 Å². The summed E-state index contributed by atoms with van der Waals surface area (Å²) in [5.74, 6) is 1.59. The Balaban J connectivity index is 1.83. The van der Waals surface area contributed by atoms with E-state index in [0.717, 1.165) is 22.8 Å². The predicted octanol–water partition coefficient (Wildman–Crippen LogP) is 2.98. The first-order valence-electron chi connectivity index (χ1n) is 6.02. The summed E-state index contributed by atoms with van der Waals surface area (Å²) in [6, 6.07) is 11.7. The SMILES string of the molecule is NC(c1cccs1)C1CCOc2ccccc2O1. The molecular formula is C14H15NO2S. The lowest BCUT2D eigenvalue weighted by atomic mass is 10.1. The number of benzene rings is 1. The summed E-state index contributed by atoms with van der Waals surface area (Å²) in [5.41, 5.74) is 6.27. The van der Waals surface area contributed by atoms with Crippen molar-refractivity contribution in [2.45, 2.75) is 18.6 Å². The largest absolute Gasteiger partial charge is 0.490 e. The summed E-state index contributed by atoms with van der Waals surface area (Å²) in [6.07, 6.45) is 0.764. The highest BCUT2D eigenvalue weighted by Crippen LogP contribution is 2.33. The molecule has 2 aromatic rings. The van der Waals surface area contributed by atoms with Crippen molar-refractivity contribution in [1.82, 2.24) is 0 Å². The van der Waals surface area contributed by atoms with Gasteiger partial charge in [-0.05, 0) is 23.6 Å². The van der Waals surface area contributed by atoms with Crippen LogP contribution in [0.1, 0.15) is 17.3 Å². The van der Waals surface area contributed by atoms with Crippen LogP contribution in [-0.4, -0.2) is 12.7 Å². The van der Waals surface area contributed by atoms with Crippen LogP contribution in [0.5, 0.6) is 11.5 Å². The summed E-state index contributed by atoms with van der Waals surface area (Å²) >= 11 is 1.67. The van der Waals surface area contributed by atoms with Crippen LogP contribution in [0.4, 0.5) is 0 Å². The molecule has 0 amide bonds. The Kier molecular flexibility index (Phi) is 3.21. The molecule has 1 aromatic heterocycles. The molecule has 2 N–H and O–H groups in total. The molecule has 94 valence electrons. The number of nitrogens with two attached hydrogens (primary N) is 1. The summed E-state index contributed by atoms with van der Waals surface area (Å²) in [7, 11) is 0. The second kappa shape index (κ2) is 5.00. The Morgan fingerprint density at radius 1 is 1.17 bits per heavy atom. The van der Waals surface area contributed by atoms with E-state index in [4.69, 9.17) is 15.2 Å². The third-order valence-electron chi connectivity index (χ3n) is 3.06. The smallest absolute Gasteiger partial charge is 0.161 e. The van der Waals surface area contributed by atoms with Gasteiger partial charge in [0.1, 0.15) is 6.10 Å². The van der Waals surface area contributed by atoms with E-state index in [9.17, 15) is 0 Å². The van der Waals surface area contributed by atoms with Crippen LogP contribution in [0.25, 0.3) is 0 Å². The lowest BCUT2D eigenvalue weighted by molar-refractivity contribution is 0.163. The average molecular weight is 261 g/mol. The molecule has 0 bridgehead atoms. The predicted molar refractivity (Wildman–Crippen MR) is 72.2 cm³/mol. The summed E-state index contributed by atoms with van der Waals surface area (Å²) in [6.45, 7) is 0.640. The van der Waals surface area contributed by atoms with Crippen LogP contribution in [-0.2, 0) is 0 Å². The average Bonchev–Trinajstić information content (AvgIpc) is 2.84. The molecule has 1 aliphatic heterocycles. The first kappa shape index (κ1) is 11.6. The van der Waals surface area contributed by atoms with Gasteiger partial charge in [-0.15, -0.1) is 11.3 Å². The van der Waals surface area contributed by atoms with Crippen molar-refractivity contribution in [1.29, 1.82) is 0 Å². The molecule has 2 heterocycles. The second-order valence-corrected chi connectivity index (χ2v) is 5.26. The highest BCUT2D eigenvalue weighted by atomic mass is 32.1. The van der Waals surface area contributed by atoms with Crippen molar-refractivity contribution in [2.24, 2.45) is 5.73 Å². The summed E-state index contributed by atoms with van der Waals surface area (Å²) < 4.78 is 11.7. The van der Waals surface area contributed by atoms with Gasteiger partial charge in [0.25, 0.3) is 0 Å². The third-order valence-corrected chi connectivity index (χ3v) is 4.03. The molecule has 2 unspecified atom stereocenters. The topological polar surface area (TPSA) is 44.5 Å². The van der Waals surface area contributed by atoms with E-state index in [1.807, 2.05) is 35.7 Å². The van der Waals surface area contributed by atoms with E-state index >= 15 is 0 Å². The number of ether oxygens (including phenoxy) is 2. The molecule has 0 spiro atoms. The maximum Gasteiger partial charge on any atom is 0.161 e. The zero-order chi connectivity index (χ0) is 12.4. The fraction of sp³-hybridized carbons (Fsp3) is 0.286. The van der Waals surface area contributed by atoms with Crippen LogP contribution in [0.15, 0.2) is 41.8 Å². The second-order valence-electron chi connectivity index (χ2n) is 4.28. The minimum Gasteiger partial charge on any atom is -0.490 e. The zero-order valence-electron chi connectivity index (χ0n) is 9.91. The van der Waals surface area contributed by atoms with Gasteiger partial charge in [0.15, 0.2) is 11.5 Å². The number of para-hydroxylation sites is 2. The monoisotopic (exact) mass is 261 g/mol. The van der Waals surface area contributed by atoms with Crippen molar-refractivity contribution >= 4 is 11.3 Å². The van der Waals surface area contributed by atoms with E-state index < -0.39 is 0 Å². The number of rotatable bonds is 2. The van der Waals surface area contributed by atoms with Gasteiger partial charge in [-0.3, -0.25) is 0 Å². The quantitative estimate of drug-likeness (QED) is 0.904. The van der Waals surface area contributed by atoms with Gasteiger partial charge in [-0.25, -0.2) is 0 Å². The number of hydrogen-bond acceptors (Lipinski definition) is 4. The van der Waals surface area contributed by atoms with E-state index in [-0.39, 0.29) is 12.1 Å². The Morgan fingerprint density at radius 3 is 2.78 bits per heavy atom. The van der Waals surface area contributed by atoms with Crippen molar-refractivity contribution in [3.8, 4) is 11.5 Å². The molecule has 3 nitrogen and oxygen atoms in total. The van der Waals surface area contributed by atoms with E-state index in [0.29, 0.717) is 6.61 Å². The Hall–Kier alpha value is -1.52. The zero-order valence-corrected chi connectivity index (χ0v) is 10.7. The maximum absolute atomic E-state index is 6.27. The van der Waals surface area contributed by atoms with Crippen LogP contribution in [0.2, 0.25) is 0 Å². The molecule has 4 heteroatoms. The van der Waals surface area contributed by atoms with Crippen LogP contribution >= 0.6 is 11.3 Å². The molecule has 18 heavy (non-hydrogen) atoms. The van der Waals surface area contributed by atoms with Gasteiger partial charge in [-0.2, -0.15) is 0 Å². The number of hydrogen-bond donors (Lipinski definition) is 1. The highest BCUT2D eigenvalue weighted by Gasteiger charge is 2.25. The molecule has 0 aliphatic carbocycles. The molecule has 0 saturated carbocycles. The van der Waals surface area contributed by atoms with Gasteiger partial charge >= 0.3 is 0 Å². The van der Waals surface area contributed by atoms with Gasteiger partial charge in [0, 0.05) is 11.3 Å². The first-order valence-corrected chi connectivity index (χ1v) is 6.90. The van der Waals surface area contributed by atoms with Crippen LogP contribution in [0, 0.1) is 0 Å². The number of thiophene rings is 1. The van der Waals surface area contributed by atoms with Gasteiger partial charge in [0.05, 0.1) is 12.6 Å². The molecule has 0 saturated heterocycles. The fourth-order valence-electron chi connectivity index (χ4n) is 2.09.